The Morgan fingerprint density at radius 2 is 1.68 bits per heavy atom. The van der Waals surface area contributed by atoms with Crippen LogP contribution in [-0.4, -0.2) is 5.71 Å². The van der Waals surface area contributed by atoms with E-state index in [4.69, 9.17) is 16.6 Å². The summed E-state index contributed by atoms with van der Waals surface area (Å²) in [5.41, 5.74) is 3.30. The van der Waals surface area contributed by atoms with Gasteiger partial charge in [-0.2, -0.15) is 0 Å². The van der Waals surface area contributed by atoms with Crippen LogP contribution in [0.4, 0.5) is 4.39 Å². The molecule has 0 aliphatic carbocycles. The lowest BCUT2D eigenvalue weighted by molar-refractivity contribution is 0.624. The average Bonchev–Trinajstić information content (AvgIpc) is 2.90. The summed E-state index contributed by atoms with van der Waals surface area (Å²) in [5, 5.41) is 0.734. The number of nitrogens with zero attached hydrogens (tertiary/aromatic N) is 1. The van der Waals surface area contributed by atoms with E-state index >= 15 is 0 Å². The highest BCUT2D eigenvalue weighted by Crippen LogP contribution is 2.31. The maximum atomic E-state index is 12.9. The van der Waals surface area contributed by atoms with E-state index in [1.807, 2.05) is 36.4 Å². The first-order valence-corrected chi connectivity index (χ1v) is 6.68. The lowest BCUT2D eigenvalue weighted by atomic mass is 10.0. The summed E-state index contributed by atoms with van der Waals surface area (Å²) in [5.74, 6) is -0.205. The zero-order valence-electron chi connectivity index (χ0n) is 10.3. The maximum absolute atomic E-state index is 12.9. The Kier molecular flexibility index (Phi) is 3.34. The van der Waals surface area contributed by atoms with E-state index in [2.05, 4.69) is 0 Å². The minimum Gasteiger partial charge on any atom is -0.281 e. The minimum atomic E-state index is -0.205. The second-order valence-corrected chi connectivity index (χ2v) is 5.13. The molecule has 0 fully saturated rings. The van der Waals surface area contributed by atoms with Gasteiger partial charge in [0.25, 0.3) is 0 Å². The minimum absolute atomic E-state index is 0.145. The molecule has 3 heteroatoms. The molecule has 0 aromatic heterocycles. The van der Waals surface area contributed by atoms with E-state index in [1.54, 1.807) is 0 Å². The second kappa shape index (κ2) is 5.14. The highest BCUT2D eigenvalue weighted by atomic mass is 35.5. The molecule has 1 aliphatic heterocycles. The van der Waals surface area contributed by atoms with Crippen LogP contribution in [0.1, 0.15) is 30.0 Å². The smallest absolute Gasteiger partial charge is 0.123 e. The normalized spacial score (nSPS) is 18.4. The number of hydrogen-bond donors (Lipinski definition) is 0. The SMILES string of the molecule is Fc1ccc(C2CCC(c3ccc(Cl)cc3)=N2)cc1. The van der Waals surface area contributed by atoms with Crippen molar-refractivity contribution in [3.05, 3.63) is 70.5 Å². The maximum Gasteiger partial charge on any atom is 0.123 e. The molecule has 1 nitrogen and oxygen atoms in total. The molecule has 0 saturated carbocycles. The van der Waals surface area contributed by atoms with E-state index in [0.717, 1.165) is 34.7 Å². The van der Waals surface area contributed by atoms with Gasteiger partial charge in [-0.05, 0) is 48.2 Å². The summed E-state index contributed by atoms with van der Waals surface area (Å²) >= 11 is 5.88. The van der Waals surface area contributed by atoms with Crippen LogP contribution in [0, 0.1) is 5.82 Å². The van der Waals surface area contributed by atoms with Gasteiger partial charge in [-0.1, -0.05) is 35.9 Å². The fourth-order valence-electron chi connectivity index (χ4n) is 2.38. The standard InChI is InChI=1S/C16H13ClFN/c17-13-5-1-11(2-6-13)15-9-10-16(19-15)12-3-7-14(18)8-4-12/h1-8,16H,9-10H2. The summed E-state index contributed by atoms with van der Waals surface area (Å²) < 4.78 is 12.9. The molecule has 0 N–H and O–H groups in total. The van der Waals surface area contributed by atoms with E-state index < -0.39 is 0 Å². The van der Waals surface area contributed by atoms with Crippen molar-refractivity contribution >= 4 is 17.3 Å². The molecule has 0 saturated heterocycles. The van der Waals surface area contributed by atoms with Crippen molar-refractivity contribution in [1.82, 2.24) is 0 Å². The van der Waals surface area contributed by atoms with Gasteiger partial charge in [0.2, 0.25) is 0 Å². The molecule has 0 spiro atoms. The number of rotatable bonds is 2. The van der Waals surface area contributed by atoms with Crippen LogP contribution >= 0.6 is 11.6 Å². The van der Waals surface area contributed by atoms with E-state index in [9.17, 15) is 4.39 Å². The number of benzene rings is 2. The molecule has 3 rings (SSSR count). The summed E-state index contributed by atoms with van der Waals surface area (Å²) in [4.78, 5) is 4.74. The molecule has 19 heavy (non-hydrogen) atoms. The molecule has 1 heterocycles. The Bertz CT molecular complexity index is 602. The largest absolute Gasteiger partial charge is 0.281 e. The molecular weight excluding hydrogens is 261 g/mol. The first kappa shape index (κ1) is 12.4. The fraction of sp³-hybridized carbons (Fsp3) is 0.188. The van der Waals surface area contributed by atoms with Gasteiger partial charge < -0.3 is 0 Å². The Balaban J connectivity index is 1.84. The summed E-state index contributed by atoms with van der Waals surface area (Å²) in [6, 6.07) is 14.5. The molecule has 1 unspecified atom stereocenters. The Labute approximate surface area is 116 Å². The molecule has 1 aliphatic rings. The zero-order valence-corrected chi connectivity index (χ0v) is 11.1. The van der Waals surface area contributed by atoms with Gasteiger partial charge in [-0.25, -0.2) is 4.39 Å². The third-order valence-electron chi connectivity index (χ3n) is 3.40. The van der Waals surface area contributed by atoms with Crippen LogP contribution in [0.15, 0.2) is 53.5 Å². The highest BCUT2D eigenvalue weighted by Gasteiger charge is 2.20. The predicted molar refractivity (Wildman–Crippen MR) is 76.4 cm³/mol. The van der Waals surface area contributed by atoms with Gasteiger partial charge in [-0.15, -0.1) is 0 Å². The summed E-state index contributed by atoms with van der Waals surface area (Å²) in [6.07, 6.45) is 1.92. The van der Waals surface area contributed by atoms with E-state index in [0.29, 0.717) is 0 Å². The van der Waals surface area contributed by atoms with Crippen LogP contribution in [0.2, 0.25) is 5.02 Å². The molecule has 0 amide bonds. The lowest BCUT2D eigenvalue weighted by Crippen LogP contribution is -1.94. The van der Waals surface area contributed by atoms with Crippen molar-refractivity contribution < 1.29 is 4.39 Å². The molecule has 96 valence electrons. The van der Waals surface area contributed by atoms with Crippen LogP contribution in [-0.2, 0) is 0 Å². The van der Waals surface area contributed by atoms with Gasteiger partial charge in [0.05, 0.1) is 6.04 Å². The third-order valence-corrected chi connectivity index (χ3v) is 3.65. The fourth-order valence-corrected chi connectivity index (χ4v) is 2.50. The number of aliphatic imine (C=N–C) groups is 1. The van der Waals surface area contributed by atoms with Crippen molar-refractivity contribution in [2.75, 3.05) is 0 Å². The highest BCUT2D eigenvalue weighted by molar-refractivity contribution is 6.30. The molecule has 0 bridgehead atoms. The monoisotopic (exact) mass is 273 g/mol. The average molecular weight is 274 g/mol. The van der Waals surface area contributed by atoms with Gasteiger partial charge >= 0.3 is 0 Å². The van der Waals surface area contributed by atoms with Crippen molar-refractivity contribution in [3.8, 4) is 0 Å². The Hall–Kier alpha value is -1.67. The molecule has 2 aromatic rings. The van der Waals surface area contributed by atoms with Gasteiger partial charge in [-0.3, -0.25) is 4.99 Å². The van der Waals surface area contributed by atoms with Crippen molar-refractivity contribution in [1.29, 1.82) is 0 Å². The summed E-state index contributed by atoms with van der Waals surface area (Å²) in [6.45, 7) is 0. The van der Waals surface area contributed by atoms with Crippen molar-refractivity contribution in [2.45, 2.75) is 18.9 Å². The lowest BCUT2D eigenvalue weighted by Gasteiger charge is -2.05. The van der Waals surface area contributed by atoms with Crippen LogP contribution in [0.5, 0.6) is 0 Å². The first-order chi connectivity index (χ1) is 9.22. The van der Waals surface area contributed by atoms with Crippen LogP contribution in [0.3, 0.4) is 0 Å². The summed E-state index contributed by atoms with van der Waals surface area (Å²) in [7, 11) is 0. The van der Waals surface area contributed by atoms with E-state index in [-0.39, 0.29) is 11.9 Å². The van der Waals surface area contributed by atoms with E-state index in [1.165, 1.54) is 12.1 Å². The van der Waals surface area contributed by atoms with Gasteiger partial charge in [0.1, 0.15) is 5.82 Å². The predicted octanol–water partition coefficient (Wildman–Crippen LogP) is 4.80. The second-order valence-electron chi connectivity index (χ2n) is 4.69. The third kappa shape index (κ3) is 2.69. The van der Waals surface area contributed by atoms with Gasteiger partial charge in [0, 0.05) is 10.7 Å². The topological polar surface area (TPSA) is 12.4 Å². The Morgan fingerprint density at radius 3 is 2.37 bits per heavy atom. The quantitative estimate of drug-likeness (QED) is 0.745. The van der Waals surface area contributed by atoms with Gasteiger partial charge in [0.15, 0.2) is 0 Å². The number of hydrogen-bond acceptors (Lipinski definition) is 1. The van der Waals surface area contributed by atoms with Crippen LogP contribution in [0.25, 0.3) is 0 Å². The molecular formula is C16H13ClFN. The van der Waals surface area contributed by atoms with Crippen molar-refractivity contribution in [3.63, 3.8) is 0 Å². The van der Waals surface area contributed by atoms with Crippen molar-refractivity contribution in [2.24, 2.45) is 4.99 Å². The molecule has 2 aromatic carbocycles. The van der Waals surface area contributed by atoms with Crippen LogP contribution < -0.4 is 0 Å². The first-order valence-electron chi connectivity index (χ1n) is 6.30. The Morgan fingerprint density at radius 1 is 1.00 bits per heavy atom. The molecule has 0 radical (unpaired) electrons. The molecule has 1 atom stereocenters. The number of halogens is 2. The zero-order chi connectivity index (χ0) is 13.2.